The number of hydrogen-bond acceptors (Lipinski definition) is 8. The number of aryl methyl sites for hydroxylation is 1. The summed E-state index contributed by atoms with van der Waals surface area (Å²) < 4.78 is 26.6. The molecule has 3 aliphatic rings. The van der Waals surface area contributed by atoms with Crippen molar-refractivity contribution >= 4 is 23.1 Å². The van der Waals surface area contributed by atoms with Crippen LogP contribution in [0.25, 0.3) is 5.65 Å². The molecule has 0 atom stereocenters. The van der Waals surface area contributed by atoms with Gasteiger partial charge < -0.3 is 24.2 Å². The van der Waals surface area contributed by atoms with Crippen LogP contribution in [-0.4, -0.2) is 88.9 Å². The first-order chi connectivity index (χ1) is 17.6. The first kappa shape index (κ1) is 23.1. The molecule has 0 unspecified atom stereocenters. The van der Waals surface area contributed by atoms with Crippen molar-refractivity contribution in [3.8, 4) is 0 Å². The zero-order valence-electron chi connectivity index (χ0n) is 20.2. The second-order valence-electron chi connectivity index (χ2n) is 9.52. The van der Waals surface area contributed by atoms with Gasteiger partial charge in [-0.3, -0.25) is 4.79 Å². The SMILES string of the molecule is O=C(CCc1nnc2ccc(N3CCC4(CC3)OCCO4)nn12)N1CCN(c2ccc(F)cc2)CC1. The number of benzene rings is 1. The van der Waals surface area contributed by atoms with Gasteiger partial charge >= 0.3 is 0 Å². The van der Waals surface area contributed by atoms with Crippen LogP contribution in [0.15, 0.2) is 36.4 Å². The lowest BCUT2D eigenvalue weighted by Gasteiger charge is -2.38. The van der Waals surface area contributed by atoms with Crippen molar-refractivity contribution in [1.82, 2.24) is 24.7 Å². The van der Waals surface area contributed by atoms with Crippen molar-refractivity contribution in [2.24, 2.45) is 0 Å². The van der Waals surface area contributed by atoms with Crippen molar-refractivity contribution in [2.75, 3.05) is 62.3 Å². The van der Waals surface area contributed by atoms with Gasteiger partial charge in [0.2, 0.25) is 5.91 Å². The maximum Gasteiger partial charge on any atom is 0.223 e. The molecule has 3 saturated heterocycles. The molecule has 5 heterocycles. The molecule has 0 saturated carbocycles. The van der Waals surface area contributed by atoms with E-state index in [1.165, 1.54) is 12.1 Å². The van der Waals surface area contributed by atoms with E-state index in [-0.39, 0.29) is 11.7 Å². The minimum Gasteiger partial charge on any atom is -0.368 e. The Bertz CT molecular complexity index is 1210. The molecule has 3 aromatic rings. The molecule has 3 fully saturated rings. The van der Waals surface area contributed by atoms with Gasteiger partial charge in [0.15, 0.2) is 17.3 Å². The van der Waals surface area contributed by atoms with Gasteiger partial charge in [-0.2, -0.15) is 4.52 Å². The normalized spacial score (nSPS) is 20.0. The Hall–Kier alpha value is -3.31. The predicted octanol–water partition coefficient (Wildman–Crippen LogP) is 1.89. The van der Waals surface area contributed by atoms with Crippen molar-refractivity contribution in [1.29, 1.82) is 0 Å². The third kappa shape index (κ3) is 4.60. The molecular formula is C25H30FN7O3. The maximum atomic E-state index is 13.2. The zero-order chi connectivity index (χ0) is 24.5. The van der Waals surface area contributed by atoms with Crippen LogP contribution >= 0.6 is 0 Å². The van der Waals surface area contributed by atoms with E-state index in [1.54, 1.807) is 16.6 Å². The van der Waals surface area contributed by atoms with E-state index >= 15 is 0 Å². The van der Waals surface area contributed by atoms with Gasteiger partial charge in [0.1, 0.15) is 11.6 Å². The molecular weight excluding hydrogens is 465 g/mol. The summed E-state index contributed by atoms with van der Waals surface area (Å²) in [6, 6.07) is 10.4. The second kappa shape index (κ2) is 9.62. The van der Waals surface area contributed by atoms with Crippen LogP contribution in [0, 0.1) is 5.82 Å². The van der Waals surface area contributed by atoms with Crippen molar-refractivity contribution in [2.45, 2.75) is 31.5 Å². The van der Waals surface area contributed by atoms with E-state index in [0.29, 0.717) is 50.6 Å². The molecule has 1 amide bonds. The molecule has 36 heavy (non-hydrogen) atoms. The van der Waals surface area contributed by atoms with E-state index in [4.69, 9.17) is 14.6 Å². The smallest absolute Gasteiger partial charge is 0.223 e. The summed E-state index contributed by atoms with van der Waals surface area (Å²) in [6.07, 6.45) is 2.44. The van der Waals surface area contributed by atoms with Crippen molar-refractivity contribution < 1.29 is 18.7 Å². The number of aromatic nitrogens is 4. The Kier molecular flexibility index (Phi) is 6.18. The first-order valence-corrected chi connectivity index (χ1v) is 12.6. The van der Waals surface area contributed by atoms with Crippen LogP contribution < -0.4 is 9.80 Å². The number of rotatable bonds is 5. The highest BCUT2D eigenvalue weighted by atomic mass is 19.1. The highest BCUT2D eigenvalue weighted by Gasteiger charge is 2.40. The fourth-order valence-corrected chi connectivity index (χ4v) is 5.25. The molecule has 10 nitrogen and oxygen atoms in total. The number of anilines is 2. The number of ether oxygens (including phenoxy) is 2. The molecule has 1 aromatic carbocycles. The van der Waals surface area contributed by atoms with Crippen molar-refractivity contribution in [3.05, 3.63) is 48.0 Å². The van der Waals surface area contributed by atoms with Gasteiger partial charge in [-0.1, -0.05) is 0 Å². The average molecular weight is 496 g/mol. The Morgan fingerprint density at radius 2 is 1.61 bits per heavy atom. The third-order valence-electron chi connectivity index (χ3n) is 7.36. The lowest BCUT2D eigenvalue weighted by atomic mass is 10.0. The summed E-state index contributed by atoms with van der Waals surface area (Å²) >= 11 is 0. The summed E-state index contributed by atoms with van der Waals surface area (Å²) in [5.41, 5.74) is 1.65. The van der Waals surface area contributed by atoms with Crippen LogP contribution in [-0.2, 0) is 20.7 Å². The topological polar surface area (TPSA) is 88.3 Å². The highest BCUT2D eigenvalue weighted by molar-refractivity contribution is 5.76. The molecule has 3 aliphatic heterocycles. The van der Waals surface area contributed by atoms with Gasteiger partial charge in [0.05, 0.1) is 13.2 Å². The lowest BCUT2D eigenvalue weighted by molar-refractivity contribution is -0.169. The monoisotopic (exact) mass is 495 g/mol. The Balaban J connectivity index is 1.05. The summed E-state index contributed by atoms with van der Waals surface area (Å²) in [6.45, 7) is 5.67. The largest absolute Gasteiger partial charge is 0.368 e. The number of halogens is 1. The number of piperazine rings is 1. The summed E-state index contributed by atoms with van der Waals surface area (Å²) in [4.78, 5) is 19.2. The number of piperidine rings is 1. The standard InChI is InChI=1S/C25H30FN7O3/c26-19-1-3-20(4-2-19)30-13-15-32(16-14-30)24(34)8-7-22-28-27-21-5-6-23(29-33(21)22)31-11-9-25(10-12-31)35-17-18-36-25/h1-6H,7-18H2. The van der Waals surface area contributed by atoms with E-state index < -0.39 is 5.79 Å². The summed E-state index contributed by atoms with van der Waals surface area (Å²) in [5, 5.41) is 13.3. The first-order valence-electron chi connectivity index (χ1n) is 12.6. The Labute approximate surface area is 208 Å². The van der Waals surface area contributed by atoms with Crippen LogP contribution in [0.1, 0.15) is 25.1 Å². The molecule has 1 spiro atoms. The summed E-state index contributed by atoms with van der Waals surface area (Å²) in [7, 11) is 0. The van der Waals surface area contributed by atoms with Crippen molar-refractivity contribution in [3.63, 3.8) is 0 Å². The maximum absolute atomic E-state index is 13.2. The van der Waals surface area contributed by atoms with Gasteiger partial charge in [0, 0.05) is 70.6 Å². The van der Waals surface area contributed by atoms with E-state index in [2.05, 4.69) is 20.0 Å². The number of amides is 1. The molecule has 0 radical (unpaired) electrons. The zero-order valence-corrected chi connectivity index (χ0v) is 20.2. The summed E-state index contributed by atoms with van der Waals surface area (Å²) in [5.74, 6) is 0.973. The molecule has 190 valence electrons. The molecule has 2 aromatic heterocycles. The number of carbonyl (C=O) groups excluding carboxylic acids is 1. The van der Waals surface area contributed by atoms with E-state index in [0.717, 1.165) is 50.5 Å². The highest BCUT2D eigenvalue weighted by Crippen LogP contribution is 2.32. The molecule has 0 aliphatic carbocycles. The predicted molar refractivity (Wildman–Crippen MR) is 130 cm³/mol. The van der Waals surface area contributed by atoms with Gasteiger partial charge in [-0.25, -0.2) is 4.39 Å². The number of fused-ring (bicyclic) bond motifs is 1. The molecule has 0 N–H and O–H groups in total. The molecule has 11 heteroatoms. The van der Waals surface area contributed by atoms with Gasteiger partial charge in [0.25, 0.3) is 0 Å². The van der Waals surface area contributed by atoms with Crippen LogP contribution in [0.3, 0.4) is 0 Å². The van der Waals surface area contributed by atoms with E-state index in [1.807, 2.05) is 17.0 Å². The minimum absolute atomic E-state index is 0.0968. The average Bonchev–Trinajstić information content (AvgIpc) is 3.55. The quantitative estimate of drug-likeness (QED) is 0.530. The minimum atomic E-state index is -0.423. The van der Waals surface area contributed by atoms with Gasteiger partial charge in [-0.15, -0.1) is 15.3 Å². The number of hydrogen-bond donors (Lipinski definition) is 0. The van der Waals surface area contributed by atoms with Crippen LogP contribution in [0.2, 0.25) is 0 Å². The molecule has 0 bridgehead atoms. The number of nitrogens with zero attached hydrogens (tertiary/aromatic N) is 7. The number of carbonyl (C=O) groups is 1. The Morgan fingerprint density at radius 1 is 0.889 bits per heavy atom. The lowest BCUT2D eigenvalue weighted by Crippen LogP contribution is -2.48. The second-order valence-corrected chi connectivity index (χ2v) is 9.52. The fourth-order valence-electron chi connectivity index (χ4n) is 5.25. The van der Waals surface area contributed by atoms with Crippen LogP contribution in [0.4, 0.5) is 15.9 Å². The fraction of sp³-hybridized carbons (Fsp3) is 0.520. The molecule has 6 rings (SSSR count). The van der Waals surface area contributed by atoms with Crippen LogP contribution in [0.5, 0.6) is 0 Å². The van der Waals surface area contributed by atoms with Gasteiger partial charge in [-0.05, 0) is 36.4 Å². The Morgan fingerprint density at radius 3 is 2.33 bits per heavy atom. The van der Waals surface area contributed by atoms with E-state index in [9.17, 15) is 9.18 Å². The third-order valence-corrected chi connectivity index (χ3v) is 7.36.